The molecule has 0 aromatic rings. The first-order chi connectivity index (χ1) is 3.91. The van der Waals surface area contributed by atoms with Crippen molar-refractivity contribution in [2.75, 3.05) is 0 Å². The van der Waals surface area contributed by atoms with Gasteiger partial charge in [0.05, 0.1) is 8.41 Å². The molecule has 0 bridgehead atoms. The van der Waals surface area contributed by atoms with Crippen LogP contribution >= 0.6 is 0 Å². The van der Waals surface area contributed by atoms with E-state index in [4.69, 9.17) is 0 Å². The van der Waals surface area contributed by atoms with Gasteiger partial charge < -0.3 is 0 Å². The fraction of sp³-hybridized carbons (Fsp3) is 1.00. The third-order valence-electron chi connectivity index (χ3n) is 1.46. The molecule has 0 spiro atoms. The standard InChI is InChI=1S/C8H18.BH3/c1-3-5-7-8-6-4-2;/h3-8H2,1-2H3;1H3. The van der Waals surface area contributed by atoms with Gasteiger partial charge in [-0.3, -0.25) is 0 Å². The summed E-state index contributed by atoms with van der Waals surface area (Å²) in [6.07, 6.45) is 8.49. The Kier molecular flexibility index (Phi) is 14.4. The van der Waals surface area contributed by atoms with E-state index >= 15 is 0 Å². The van der Waals surface area contributed by atoms with Crippen LogP contribution in [0.25, 0.3) is 0 Å². The molecule has 0 aromatic carbocycles. The molecule has 0 amide bonds. The van der Waals surface area contributed by atoms with Gasteiger partial charge in [0.2, 0.25) is 0 Å². The Hall–Kier alpha value is 0.0649. The molecular formula is C8H21B. The maximum Gasteiger partial charge on any atom is 0.0814 e. The average molecular weight is 128 g/mol. The zero-order chi connectivity index (χ0) is 6.24. The van der Waals surface area contributed by atoms with Gasteiger partial charge in [0.15, 0.2) is 0 Å². The van der Waals surface area contributed by atoms with E-state index in [-0.39, 0.29) is 8.41 Å². The highest BCUT2D eigenvalue weighted by Gasteiger charge is 1.83. The SMILES string of the molecule is B.CCCCCCCC. The number of hydrogen-bond acceptors (Lipinski definition) is 0. The number of rotatable bonds is 5. The van der Waals surface area contributed by atoms with Crippen LogP contribution in [0.1, 0.15) is 52.4 Å². The first-order valence-corrected chi connectivity index (χ1v) is 3.91. The van der Waals surface area contributed by atoms with Crippen molar-refractivity contribution in [3.8, 4) is 0 Å². The lowest BCUT2D eigenvalue weighted by molar-refractivity contribution is 0.624. The van der Waals surface area contributed by atoms with Crippen molar-refractivity contribution in [2.45, 2.75) is 52.4 Å². The molecule has 0 aliphatic carbocycles. The molecule has 9 heavy (non-hydrogen) atoms. The smallest absolute Gasteiger partial charge is 0.0654 e. The monoisotopic (exact) mass is 128 g/mol. The second-order valence-corrected chi connectivity index (χ2v) is 2.41. The van der Waals surface area contributed by atoms with Crippen LogP contribution in [-0.2, 0) is 0 Å². The summed E-state index contributed by atoms with van der Waals surface area (Å²) in [6, 6.07) is 0. The minimum Gasteiger partial charge on any atom is -0.0654 e. The zero-order valence-electron chi connectivity index (χ0n) is 6.24. The minimum atomic E-state index is 0. The summed E-state index contributed by atoms with van der Waals surface area (Å²) in [5.41, 5.74) is 0. The summed E-state index contributed by atoms with van der Waals surface area (Å²) >= 11 is 0. The third-order valence-corrected chi connectivity index (χ3v) is 1.46. The lowest BCUT2D eigenvalue weighted by Gasteiger charge is -1.93. The van der Waals surface area contributed by atoms with Gasteiger partial charge in [-0.2, -0.15) is 0 Å². The highest BCUT2D eigenvalue weighted by molar-refractivity contribution is 5.75. The summed E-state index contributed by atoms with van der Waals surface area (Å²) in [5, 5.41) is 0. The van der Waals surface area contributed by atoms with Crippen LogP contribution in [-0.4, -0.2) is 8.41 Å². The molecule has 0 saturated heterocycles. The van der Waals surface area contributed by atoms with Gasteiger partial charge >= 0.3 is 0 Å². The predicted molar refractivity (Wildman–Crippen MR) is 49.0 cm³/mol. The Morgan fingerprint density at radius 1 is 0.667 bits per heavy atom. The fourth-order valence-corrected chi connectivity index (χ4v) is 0.854. The molecule has 0 N–H and O–H groups in total. The summed E-state index contributed by atoms with van der Waals surface area (Å²) in [7, 11) is 0. The van der Waals surface area contributed by atoms with Crippen LogP contribution in [0, 0.1) is 0 Å². The lowest BCUT2D eigenvalue weighted by Crippen LogP contribution is -1.73. The zero-order valence-corrected chi connectivity index (χ0v) is 6.24. The molecule has 0 saturated carbocycles. The van der Waals surface area contributed by atoms with Crippen LogP contribution in [0.3, 0.4) is 0 Å². The Labute approximate surface area is 61.6 Å². The highest BCUT2D eigenvalue weighted by Crippen LogP contribution is 2.03. The Balaban J connectivity index is 0. The van der Waals surface area contributed by atoms with Gasteiger partial charge in [-0.05, 0) is 0 Å². The van der Waals surface area contributed by atoms with Crippen molar-refractivity contribution in [3.63, 3.8) is 0 Å². The van der Waals surface area contributed by atoms with E-state index < -0.39 is 0 Å². The van der Waals surface area contributed by atoms with E-state index in [0.717, 1.165) is 0 Å². The van der Waals surface area contributed by atoms with Gasteiger partial charge in [-0.25, -0.2) is 0 Å². The molecule has 0 nitrogen and oxygen atoms in total. The van der Waals surface area contributed by atoms with E-state index in [0.29, 0.717) is 0 Å². The van der Waals surface area contributed by atoms with Gasteiger partial charge in [0.25, 0.3) is 0 Å². The fourth-order valence-electron chi connectivity index (χ4n) is 0.854. The van der Waals surface area contributed by atoms with Gasteiger partial charge in [-0.15, -0.1) is 0 Å². The van der Waals surface area contributed by atoms with E-state index in [2.05, 4.69) is 13.8 Å². The summed E-state index contributed by atoms with van der Waals surface area (Å²) in [4.78, 5) is 0. The quantitative estimate of drug-likeness (QED) is 0.393. The number of hydrogen-bond donors (Lipinski definition) is 0. The average Bonchev–Trinajstić information content (AvgIpc) is 1.81. The second-order valence-electron chi connectivity index (χ2n) is 2.41. The molecule has 0 heterocycles. The Morgan fingerprint density at radius 3 is 1.22 bits per heavy atom. The number of unbranched alkanes of at least 4 members (excludes halogenated alkanes) is 5. The summed E-state index contributed by atoms with van der Waals surface area (Å²) in [6.45, 7) is 4.51. The lowest BCUT2D eigenvalue weighted by atomic mass is 10.1. The molecule has 0 radical (unpaired) electrons. The molecule has 0 atom stereocenters. The van der Waals surface area contributed by atoms with Gasteiger partial charge in [0.1, 0.15) is 0 Å². The van der Waals surface area contributed by atoms with E-state index in [1.54, 1.807) is 0 Å². The van der Waals surface area contributed by atoms with Crippen molar-refractivity contribution in [2.24, 2.45) is 0 Å². The maximum atomic E-state index is 2.26. The molecule has 0 aliphatic rings. The summed E-state index contributed by atoms with van der Waals surface area (Å²) < 4.78 is 0. The topological polar surface area (TPSA) is 0 Å². The normalized spacial score (nSPS) is 8.67. The van der Waals surface area contributed by atoms with Gasteiger partial charge in [-0.1, -0.05) is 52.4 Å². The first-order valence-electron chi connectivity index (χ1n) is 3.91. The Morgan fingerprint density at radius 2 is 1.00 bits per heavy atom. The van der Waals surface area contributed by atoms with Crippen LogP contribution in [0.15, 0.2) is 0 Å². The molecule has 0 fully saturated rings. The van der Waals surface area contributed by atoms with Crippen molar-refractivity contribution in [3.05, 3.63) is 0 Å². The van der Waals surface area contributed by atoms with Gasteiger partial charge in [0, 0.05) is 0 Å². The van der Waals surface area contributed by atoms with E-state index in [1.807, 2.05) is 0 Å². The third kappa shape index (κ3) is 11.6. The molecule has 0 aliphatic heterocycles. The van der Waals surface area contributed by atoms with Crippen LogP contribution in [0.5, 0.6) is 0 Å². The minimum absolute atomic E-state index is 0. The molecule has 0 rings (SSSR count). The summed E-state index contributed by atoms with van der Waals surface area (Å²) in [5.74, 6) is 0. The van der Waals surface area contributed by atoms with Crippen molar-refractivity contribution < 1.29 is 0 Å². The van der Waals surface area contributed by atoms with E-state index in [1.165, 1.54) is 38.5 Å². The van der Waals surface area contributed by atoms with Crippen molar-refractivity contribution >= 4 is 8.41 Å². The predicted octanol–water partition coefficient (Wildman–Crippen LogP) is 2.18. The van der Waals surface area contributed by atoms with Crippen molar-refractivity contribution in [1.82, 2.24) is 0 Å². The first kappa shape index (κ1) is 11.8. The Bertz CT molecular complexity index is 29.5. The highest BCUT2D eigenvalue weighted by atomic mass is 13.9. The van der Waals surface area contributed by atoms with E-state index in [9.17, 15) is 0 Å². The molecule has 0 aromatic heterocycles. The second kappa shape index (κ2) is 10.9. The van der Waals surface area contributed by atoms with Crippen molar-refractivity contribution in [1.29, 1.82) is 0 Å². The maximum absolute atomic E-state index is 2.26. The largest absolute Gasteiger partial charge is 0.0814 e. The van der Waals surface area contributed by atoms with Crippen LogP contribution in [0.2, 0.25) is 0 Å². The van der Waals surface area contributed by atoms with Crippen LogP contribution in [0.4, 0.5) is 0 Å². The molecule has 1 heteroatoms. The molecular weight excluding hydrogens is 107 g/mol. The van der Waals surface area contributed by atoms with Crippen LogP contribution < -0.4 is 0 Å². The molecule has 56 valence electrons. The molecule has 0 unspecified atom stereocenters.